The minimum Gasteiger partial charge on any atom is -0.469 e. The summed E-state index contributed by atoms with van der Waals surface area (Å²) < 4.78 is 5.26. The highest BCUT2D eigenvalue weighted by Crippen LogP contribution is 2.37. The molecule has 2 saturated heterocycles. The van der Waals surface area contributed by atoms with Gasteiger partial charge < -0.3 is 14.2 Å². The molecular weight excluding hydrogens is 292 g/mol. The van der Waals surface area contributed by atoms with Gasteiger partial charge in [-0.25, -0.2) is 0 Å². The molecule has 3 rings (SSSR count). The number of carbonyl (C=O) groups is 2. The number of hydrogen-bond acceptors (Lipinski definition) is 3. The van der Waals surface area contributed by atoms with Gasteiger partial charge in [-0.05, 0) is 38.7 Å². The highest BCUT2D eigenvalue weighted by atomic mass is 16.3. The molecule has 0 radical (unpaired) electrons. The molecule has 2 amide bonds. The minimum absolute atomic E-state index is 0.00639. The third kappa shape index (κ3) is 2.80. The van der Waals surface area contributed by atoms with Gasteiger partial charge >= 0.3 is 0 Å². The number of nitrogens with zero attached hydrogens (tertiary/aromatic N) is 2. The molecule has 0 aromatic carbocycles. The predicted octanol–water partition coefficient (Wildman–Crippen LogP) is 2.76. The number of aryl methyl sites for hydroxylation is 1. The lowest BCUT2D eigenvalue weighted by Gasteiger charge is -2.51. The Morgan fingerprint density at radius 2 is 2.22 bits per heavy atom. The Hall–Kier alpha value is -2.04. The first kappa shape index (κ1) is 15.8. The molecule has 1 aromatic heterocycles. The molecule has 0 N–H and O–H groups in total. The summed E-state index contributed by atoms with van der Waals surface area (Å²) in [6, 6.07) is 1.73. The molecule has 1 atom stereocenters. The lowest BCUT2D eigenvalue weighted by atomic mass is 9.79. The quantitative estimate of drug-likeness (QED) is 0.806. The van der Waals surface area contributed by atoms with E-state index >= 15 is 0 Å². The standard InChI is InChI=1S/C18H24N2O3/c1-3-10-20-16(21)6-4-8-18(20)9-5-11-19(13-18)17(22)15-7-12-23-14(15)2/h3,7,12H,1,4-6,8-11,13H2,2H3. The first-order valence-electron chi connectivity index (χ1n) is 8.32. The molecule has 124 valence electrons. The van der Waals surface area contributed by atoms with Crippen LogP contribution in [0.5, 0.6) is 0 Å². The third-order valence-corrected chi connectivity index (χ3v) is 5.15. The number of amides is 2. The zero-order valence-corrected chi connectivity index (χ0v) is 13.7. The van der Waals surface area contributed by atoms with Crippen molar-refractivity contribution in [1.82, 2.24) is 9.80 Å². The van der Waals surface area contributed by atoms with E-state index in [4.69, 9.17) is 4.42 Å². The van der Waals surface area contributed by atoms with Crippen molar-refractivity contribution in [3.8, 4) is 0 Å². The fourth-order valence-electron chi connectivity index (χ4n) is 4.01. The number of hydrogen-bond donors (Lipinski definition) is 0. The molecule has 0 bridgehead atoms. The smallest absolute Gasteiger partial charge is 0.257 e. The van der Waals surface area contributed by atoms with E-state index in [1.54, 1.807) is 25.3 Å². The average molecular weight is 316 g/mol. The number of furan rings is 1. The van der Waals surface area contributed by atoms with E-state index < -0.39 is 0 Å². The Balaban J connectivity index is 1.84. The summed E-state index contributed by atoms with van der Waals surface area (Å²) in [4.78, 5) is 29.0. The van der Waals surface area contributed by atoms with Crippen LogP contribution in [0.2, 0.25) is 0 Å². The van der Waals surface area contributed by atoms with Gasteiger partial charge in [0, 0.05) is 26.1 Å². The molecule has 1 unspecified atom stereocenters. The first-order valence-corrected chi connectivity index (χ1v) is 8.32. The molecule has 0 aliphatic carbocycles. The summed E-state index contributed by atoms with van der Waals surface area (Å²) >= 11 is 0. The molecule has 3 heterocycles. The van der Waals surface area contributed by atoms with Gasteiger partial charge in [-0.2, -0.15) is 0 Å². The van der Waals surface area contributed by atoms with Crippen LogP contribution in [0.4, 0.5) is 0 Å². The van der Waals surface area contributed by atoms with Crippen molar-refractivity contribution in [2.45, 2.75) is 44.6 Å². The highest BCUT2D eigenvalue weighted by Gasteiger charge is 2.45. The van der Waals surface area contributed by atoms with E-state index in [0.717, 1.165) is 32.2 Å². The molecule has 1 aromatic rings. The van der Waals surface area contributed by atoms with Crippen LogP contribution >= 0.6 is 0 Å². The summed E-state index contributed by atoms with van der Waals surface area (Å²) in [5, 5.41) is 0. The van der Waals surface area contributed by atoms with Crippen LogP contribution in [-0.2, 0) is 4.79 Å². The van der Waals surface area contributed by atoms with Crippen LogP contribution in [0.1, 0.15) is 48.2 Å². The second kappa shape index (κ2) is 6.22. The molecule has 2 aliphatic rings. The van der Waals surface area contributed by atoms with E-state index in [-0.39, 0.29) is 17.4 Å². The van der Waals surface area contributed by atoms with Crippen LogP contribution < -0.4 is 0 Å². The average Bonchev–Trinajstić information content (AvgIpc) is 2.97. The SMILES string of the molecule is C=CCN1C(=O)CCCC12CCCN(C(=O)c1ccoc1C)C2. The maximum Gasteiger partial charge on any atom is 0.257 e. The largest absolute Gasteiger partial charge is 0.469 e. The molecule has 2 fully saturated rings. The van der Waals surface area contributed by atoms with Gasteiger partial charge in [0.15, 0.2) is 0 Å². The summed E-state index contributed by atoms with van der Waals surface area (Å²) in [7, 11) is 0. The van der Waals surface area contributed by atoms with E-state index in [1.807, 2.05) is 9.80 Å². The van der Waals surface area contributed by atoms with Crippen LogP contribution in [0.25, 0.3) is 0 Å². The van der Waals surface area contributed by atoms with Crippen LogP contribution in [0, 0.1) is 6.92 Å². The lowest BCUT2D eigenvalue weighted by molar-refractivity contribution is -0.143. The number of rotatable bonds is 3. The summed E-state index contributed by atoms with van der Waals surface area (Å²) in [6.45, 7) is 7.50. The minimum atomic E-state index is -0.227. The molecule has 1 spiro atoms. The lowest BCUT2D eigenvalue weighted by Crippen LogP contribution is -2.63. The van der Waals surface area contributed by atoms with Gasteiger partial charge in [-0.15, -0.1) is 6.58 Å². The van der Waals surface area contributed by atoms with Crippen LogP contribution in [0.3, 0.4) is 0 Å². The fourth-order valence-corrected chi connectivity index (χ4v) is 4.01. The summed E-state index contributed by atoms with van der Waals surface area (Å²) in [5.74, 6) is 0.842. The Bertz CT molecular complexity index is 618. The highest BCUT2D eigenvalue weighted by molar-refractivity contribution is 5.95. The van der Waals surface area contributed by atoms with E-state index in [1.165, 1.54) is 0 Å². The third-order valence-electron chi connectivity index (χ3n) is 5.15. The number of piperidine rings is 2. The van der Waals surface area contributed by atoms with E-state index in [0.29, 0.717) is 30.8 Å². The Morgan fingerprint density at radius 3 is 2.91 bits per heavy atom. The van der Waals surface area contributed by atoms with Gasteiger partial charge in [-0.3, -0.25) is 9.59 Å². The van der Waals surface area contributed by atoms with Crippen LogP contribution in [0.15, 0.2) is 29.4 Å². The second-order valence-electron chi connectivity index (χ2n) is 6.59. The van der Waals surface area contributed by atoms with Crippen molar-refractivity contribution in [3.63, 3.8) is 0 Å². The van der Waals surface area contributed by atoms with Crippen molar-refractivity contribution in [1.29, 1.82) is 0 Å². The monoisotopic (exact) mass is 316 g/mol. The number of likely N-dealkylation sites (tertiary alicyclic amines) is 2. The van der Waals surface area contributed by atoms with Gasteiger partial charge in [0.1, 0.15) is 5.76 Å². The van der Waals surface area contributed by atoms with Crippen molar-refractivity contribution in [3.05, 3.63) is 36.3 Å². The van der Waals surface area contributed by atoms with Gasteiger partial charge in [0.05, 0.1) is 17.4 Å². The molecule has 2 aliphatic heterocycles. The van der Waals surface area contributed by atoms with Gasteiger partial charge in [-0.1, -0.05) is 6.08 Å². The van der Waals surface area contributed by atoms with Gasteiger partial charge in [0.25, 0.3) is 5.91 Å². The second-order valence-corrected chi connectivity index (χ2v) is 6.59. The molecule has 5 heteroatoms. The van der Waals surface area contributed by atoms with E-state index in [2.05, 4.69) is 6.58 Å². The van der Waals surface area contributed by atoms with E-state index in [9.17, 15) is 9.59 Å². The normalized spacial score (nSPS) is 25.0. The van der Waals surface area contributed by atoms with Gasteiger partial charge in [0.2, 0.25) is 5.91 Å². The summed E-state index contributed by atoms with van der Waals surface area (Å²) in [5.41, 5.74) is 0.397. The Morgan fingerprint density at radius 1 is 1.43 bits per heavy atom. The number of carbonyl (C=O) groups excluding carboxylic acids is 2. The van der Waals surface area contributed by atoms with Crippen molar-refractivity contribution < 1.29 is 14.0 Å². The first-order chi connectivity index (χ1) is 11.1. The molecule has 23 heavy (non-hydrogen) atoms. The van der Waals surface area contributed by atoms with Crippen LogP contribution in [-0.4, -0.2) is 46.8 Å². The fraction of sp³-hybridized carbons (Fsp3) is 0.556. The maximum absolute atomic E-state index is 12.8. The molecule has 0 saturated carbocycles. The van der Waals surface area contributed by atoms with Crippen molar-refractivity contribution in [2.24, 2.45) is 0 Å². The van der Waals surface area contributed by atoms with Crippen molar-refractivity contribution >= 4 is 11.8 Å². The zero-order chi connectivity index (χ0) is 16.4. The topological polar surface area (TPSA) is 53.8 Å². The maximum atomic E-state index is 12.8. The predicted molar refractivity (Wildman–Crippen MR) is 87.1 cm³/mol. The summed E-state index contributed by atoms with van der Waals surface area (Å²) in [6.07, 6.45) is 7.68. The molecule has 5 nitrogen and oxygen atoms in total. The van der Waals surface area contributed by atoms with Crippen molar-refractivity contribution in [2.75, 3.05) is 19.6 Å². The Labute approximate surface area is 136 Å². The zero-order valence-electron chi connectivity index (χ0n) is 13.7. The Kier molecular flexibility index (Phi) is 4.28. The molecular formula is C18H24N2O3.